The van der Waals surface area contributed by atoms with Crippen molar-refractivity contribution in [3.63, 3.8) is 0 Å². The van der Waals surface area contributed by atoms with Crippen molar-refractivity contribution < 1.29 is 19.8 Å². The summed E-state index contributed by atoms with van der Waals surface area (Å²) in [4.78, 5) is 28.2. The van der Waals surface area contributed by atoms with E-state index in [0.29, 0.717) is 19.0 Å². The SMILES string of the molecule is O=C(O)CN1C[C@H]2[C@H]3Cc4ccc(O)cc4[C@@]2(CCN3CC2CC2)CC1=O. The molecule has 2 heterocycles. The van der Waals surface area contributed by atoms with E-state index in [-0.39, 0.29) is 29.5 Å². The molecule has 6 nitrogen and oxygen atoms in total. The lowest BCUT2D eigenvalue weighted by molar-refractivity contribution is -0.152. The Morgan fingerprint density at radius 3 is 2.85 bits per heavy atom. The van der Waals surface area contributed by atoms with E-state index in [4.69, 9.17) is 0 Å². The molecule has 3 fully saturated rings. The van der Waals surface area contributed by atoms with Gasteiger partial charge in [-0.3, -0.25) is 14.5 Å². The van der Waals surface area contributed by atoms with Crippen molar-refractivity contribution in [1.29, 1.82) is 0 Å². The summed E-state index contributed by atoms with van der Waals surface area (Å²) < 4.78 is 0. The van der Waals surface area contributed by atoms with Crippen molar-refractivity contribution in [2.75, 3.05) is 26.2 Å². The van der Waals surface area contributed by atoms with E-state index in [1.54, 1.807) is 6.07 Å². The number of fused-ring (bicyclic) bond motifs is 1. The number of aliphatic carboxylic acids is 1. The first-order valence-electron chi connectivity index (χ1n) is 10.0. The Balaban J connectivity index is 1.56. The molecule has 2 aliphatic heterocycles. The fourth-order valence-electron chi connectivity index (χ4n) is 5.86. The van der Waals surface area contributed by atoms with E-state index >= 15 is 0 Å². The standard InChI is InChI=1S/C21H26N2O4/c24-15-4-3-14-7-18-17-11-23(12-20(26)27)19(25)9-21(17,16(14)8-15)5-6-22(18)10-13-1-2-13/h3-4,8,13,17-18,24H,1-2,5-7,9-12H2,(H,26,27)/t17-,18+,21+/m0/s1. The van der Waals surface area contributed by atoms with Gasteiger partial charge in [0.25, 0.3) is 0 Å². The molecule has 1 amide bonds. The summed E-state index contributed by atoms with van der Waals surface area (Å²) in [6.07, 6.45) is 4.81. The first-order chi connectivity index (χ1) is 13.0. The molecule has 1 aromatic rings. The van der Waals surface area contributed by atoms with Crippen molar-refractivity contribution in [3.8, 4) is 5.75 Å². The number of likely N-dealkylation sites (tertiary alicyclic amines) is 2. The molecular weight excluding hydrogens is 344 g/mol. The molecule has 5 rings (SSSR count). The summed E-state index contributed by atoms with van der Waals surface area (Å²) in [5.74, 6) is 0.268. The monoisotopic (exact) mass is 370 g/mol. The normalized spacial score (nSPS) is 32.7. The summed E-state index contributed by atoms with van der Waals surface area (Å²) in [5.41, 5.74) is 2.11. The molecule has 0 spiro atoms. The third kappa shape index (κ3) is 2.73. The number of carbonyl (C=O) groups excluding carboxylic acids is 1. The van der Waals surface area contributed by atoms with Gasteiger partial charge in [0.15, 0.2) is 0 Å². The smallest absolute Gasteiger partial charge is 0.323 e. The molecule has 4 aliphatic rings. The van der Waals surface area contributed by atoms with Crippen LogP contribution in [0.3, 0.4) is 0 Å². The lowest BCUT2D eigenvalue weighted by Gasteiger charge is -2.60. The van der Waals surface area contributed by atoms with Crippen LogP contribution in [0.1, 0.15) is 36.8 Å². The van der Waals surface area contributed by atoms with Gasteiger partial charge in [-0.2, -0.15) is 0 Å². The maximum Gasteiger partial charge on any atom is 0.323 e. The van der Waals surface area contributed by atoms with Crippen LogP contribution in [-0.2, 0) is 21.4 Å². The number of aromatic hydroxyl groups is 1. The number of hydrogen-bond acceptors (Lipinski definition) is 4. The van der Waals surface area contributed by atoms with E-state index in [9.17, 15) is 19.8 Å². The number of amides is 1. The topological polar surface area (TPSA) is 81.1 Å². The maximum absolute atomic E-state index is 12.8. The summed E-state index contributed by atoms with van der Waals surface area (Å²) in [7, 11) is 0. The minimum absolute atomic E-state index is 0.0702. The maximum atomic E-state index is 12.8. The number of carbonyl (C=O) groups is 2. The number of nitrogens with zero attached hydrogens (tertiary/aromatic N) is 2. The number of carboxylic acids is 1. The van der Waals surface area contributed by atoms with Gasteiger partial charge in [-0.25, -0.2) is 0 Å². The molecule has 2 aliphatic carbocycles. The fourth-order valence-corrected chi connectivity index (χ4v) is 5.86. The largest absolute Gasteiger partial charge is 0.508 e. The minimum atomic E-state index is -0.951. The van der Waals surface area contributed by atoms with Gasteiger partial charge in [0.1, 0.15) is 12.3 Å². The summed E-state index contributed by atoms with van der Waals surface area (Å²) >= 11 is 0. The highest BCUT2D eigenvalue weighted by Crippen LogP contribution is 2.54. The lowest BCUT2D eigenvalue weighted by Crippen LogP contribution is -2.67. The van der Waals surface area contributed by atoms with Crippen molar-refractivity contribution in [1.82, 2.24) is 9.80 Å². The van der Waals surface area contributed by atoms with Crippen LogP contribution in [0.25, 0.3) is 0 Å². The van der Waals surface area contributed by atoms with Crippen LogP contribution in [0.2, 0.25) is 0 Å². The zero-order valence-corrected chi connectivity index (χ0v) is 15.4. The number of benzene rings is 1. The molecule has 0 unspecified atom stereocenters. The Morgan fingerprint density at radius 2 is 2.11 bits per heavy atom. The molecular formula is C21H26N2O4. The second-order valence-electron chi connectivity index (χ2n) is 8.91. The van der Waals surface area contributed by atoms with Crippen LogP contribution in [-0.4, -0.2) is 64.1 Å². The average molecular weight is 370 g/mol. The molecule has 3 atom stereocenters. The molecule has 2 saturated heterocycles. The number of piperidine rings is 2. The summed E-state index contributed by atoms with van der Waals surface area (Å²) in [6, 6.07) is 5.97. The van der Waals surface area contributed by atoms with Crippen molar-refractivity contribution >= 4 is 11.9 Å². The third-order valence-corrected chi connectivity index (χ3v) is 7.30. The summed E-state index contributed by atoms with van der Waals surface area (Å²) in [6.45, 7) is 2.40. The Hall–Kier alpha value is -2.08. The molecule has 2 bridgehead atoms. The van der Waals surface area contributed by atoms with E-state index < -0.39 is 5.97 Å². The Bertz CT molecular complexity index is 805. The number of phenolic OH excluding ortho intramolecular Hbond substituents is 1. The molecule has 27 heavy (non-hydrogen) atoms. The molecule has 0 radical (unpaired) electrons. The molecule has 1 saturated carbocycles. The third-order valence-electron chi connectivity index (χ3n) is 7.30. The van der Waals surface area contributed by atoms with Crippen LogP contribution in [0.15, 0.2) is 18.2 Å². The lowest BCUT2D eigenvalue weighted by atomic mass is 9.54. The van der Waals surface area contributed by atoms with Gasteiger partial charge in [0, 0.05) is 36.9 Å². The fraction of sp³-hybridized carbons (Fsp3) is 0.619. The number of carboxylic acid groups (broad SMARTS) is 1. The second-order valence-corrected chi connectivity index (χ2v) is 8.91. The molecule has 2 N–H and O–H groups in total. The van der Waals surface area contributed by atoms with Gasteiger partial charge in [-0.1, -0.05) is 6.07 Å². The van der Waals surface area contributed by atoms with Gasteiger partial charge in [-0.05, 0) is 61.4 Å². The van der Waals surface area contributed by atoms with E-state index in [2.05, 4.69) is 4.90 Å². The minimum Gasteiger partial charge on any atom is -0.508 e. The Morgan fingerprint density at radius 1 is 1.30 bits per heavy atom. The van der Waals surface area contributed by atoms with Gasteiger partial charge < -0.3 is 15.1 Å². The van der Waals surface area contributed by atoms with Gasteiger partial charge in [0.2, 0.25) is 5.91 Å². The predicted octanol–water partition coefficient (Wildman–Crippen LogP) is 1.60. The van der Waals surface area contributed by atoms with Crippen molar-refractivity contribution in [2.24, 2.45) is 11.8 Å². The van der Waals surface area contributed by atoms with Crippen LogP contribution in [0.5, 0.6) is 5.75 Å². The first kappa shape index (κ1) is 17.0. The predicted molar refractivity (Wildman–Crippen MR) is 98.5 cm³/mol. The van der Waals surface area contributed by atoms with Crippen molar-refractivity contribution in [2.45, 2.75) is 43.6 Å². The van der Waals surface area contributed by atoms with Gasteiger partial charge in [-0.15, -0.1) is 0 Å². The Labute approximate surface area is 158 Å². The zero-order chi connectivity index (χ0) is 18.8. The number of hydrogen-bond donors (Lipinski definition) is 2. The quantitative estimate of drug-likeness (QED) is 0.842. The molecule has 1 aromatic carbocycles. The van der Waals surface area contributed by atoms with Crippen LogP contribution >= 0.6 is 0 Å². The van der Waals surface area contributed by atoms with Gasteiger partial charge in [0.05, 0.1) is 0 Å². The van der Waals surface area contributed by atoms with Crippen LogP contribution in [0.4, 0.5) is 0 Å². The van der Waals surface area contributed by atoms with Crippen LogP contribution < -0.4 is 0 Å². The van der Waals surface area contributed by atoms with E-state index in [0.717, 1.165) is 37.4 Å². The zero-order valence-electron chi connectivity index (χ0n) is 15.4. The number of phenols is 1. The average Bonchev–Trinajstić information content (AvgIpc) is 3.42. The highest BCUT2D eigenvalue weighted by Gasteiger charge is 2.57. The first-order valence-corrected chi connectivity index (χ1v) is 10.0. The molecule has 0 aromatic heterocycles. The molecule has 6 heteroatoms. The molecule has 144 valence electrons. The van der Waals surface area contributed by atoms with E-state index in [1.807, 2.05) is 12.1 Å². The number of rotatable bonds is 4. The van der Waals surface area contributed by atoms with Crippen LogP contribution in [0, 0.1) is 11.8 Å². The van der Waals surface area contributed by atoms with Gasteiger partial charge >= 0.3 is 5.97 Å². The highest BCUT2D eigenvalue weighted by molar-refractivity contribution is 5.84. The van der Waals surface area contributed by atoms with Crippen molar-refractivity contribution in [3.05, 3.63) is 29.3 Å². The second kappa shape index (κ2) is 5.96. The Kier molecular flexibility index (Phi) is 3.76. The van der Waals surface area contributed by atoms with E-state index in [1.165, 1.54) is 23.3 Å². The summed E-state index contributed by atoms with van der Waals surface area (Å²) in [5, 5.41) is 19.3. The highest BCUT2D eigenvalue weighted by atomic mass is 16.4.